The molecular weight excluding hydrogens is 385 g/mol. The van der Waals surface area contributed by atoms with Crippen LogP contribution in [0.15, 0.2) is 42.5 Å². The van der Waals surface area contributed by atoms with Crippen LogP contribution in [0.25, 0.3) is 0 Å². The van der Waals surface area contributed by atoms with E-state index in [9.17, 15) is 4.39 Å². The number of halogens is 2. The lowest BCUT2D eigenvalue weighted by atomic mass is 10.0. The van der Waals surface area contributed by atoms with Gasteiger partial charge >= 0.3 is 0 Å². The molecule has 2 N–H and O–H groups in total. The third-order valence-electron chi connectivity index (χ3n) is 4.71. The lowest BCUT2D eigenvalue weighted by Crippen LogP contribution is -2.44. The first-order valence-corrected chi connectivity index (χ1v) is 9.70. The lowest BCUT2D eigenvalue weighted by molar-refractivity contribution is 0.0170. The Labute approximate surface area is 169 Å². The number of nitrogens with zero attached hydrogens (tertiary/aromatic N) is 1. The molecule has 0 radical (unpaired) electrons. The first kappa shape index (κ1) is 20.0. The minimum absolute atomic E-state index is 0.0784. The Morgan fingerprint density at radius 3 is 2.63 bits per heavy atom. The van der Waals surface area contributed by atoms with Gasteiger partial charge in [0.25, 0.3) is 0 Å². The van der Waals surface area contributed by atoms with E-state index < -0.39 is 0 Å². The smallest absolute Gasteiger partial charge is 0.170 e. The maximum absolute atomic E-state index is 13.3. The molecule has 27 heavy (non-hydrogen) atoms. The van der Waals surface area contributed by atoms with Gasteiger partial charge in [0.2, 0.25) is 0 Å². The van der Waals surface area contributed by atoms with E-state index in [1.54, 1.807) is 0 Å². The van der Waals surface area contributed by atoms with Crippen LogP contribution in [-0.4, -0.2) is 42.9 Å². The molecule has 2 aromatic rings. The minimum Gasteiger partial charge on any atom is -0.379 e. The second kappa shape index (κ2) is 9.46. The monoisotopic (exact) mass is 407 g/mol. The highest BCUT2D eigenvalue weighted by Gasteiger charge is 2.23. The van der Waals surface area contributed by atoms with Gasteiger partial charge in [-0.25, -0.2) is 4.39 Å². The molecule has 144 valence electrons. The van der Waals surface area contributed by atoms with E-state index in [0.29, 0.717) is 29.9 Å². The average molecular weight is 408 g/mol. The summed E-state index contributed by atoms with van der Waals surface area (Å²) in [6.45, 7) is 5.61. The van der Waals surface area contributed by atoms with E-state index >= 15 is 0 Å². The van der Waals surface area contributed by atoms with Crippen LogP contribution in [0.3, 0.4) is 0 Å². The van der Waals surface area contributed by atoms with Gasteiger partial charge in [0.15, 0.2) is 5.11 Å². The Hall–Kier alpha value is -1.73. The number of anilines is 1. The van der Waals surface area contributed by atoms with Crippen molar-refractivity contribution >= 4 is 34.6 Å². The molecule has 0 spiro atoms. The number of thiocarbonyl (C=S) groups is 1. The van der Waals surface area contributed by atoms with Crippen molar-refractivity contribution in [2.75, 3.05) is 38.2 Å². The van der Waals surface area contributed by atoms with Crippen molar-refractivity contribution in [1.82, 2.24) is 10.2 Å². The van der Waals surface area contributed by atoms with Crippen molar-refractivity contribution in [3.05, 3.63) is 64.4 Å². The minimum atomic E-state index is -0.235. The zero-order valence-corrected chi connectivity index (χ0v) is 16.7. The predicted molar refractivity (Wildman–Crippen MR) is 112 cm³/mol. The van der Waals surface area contributed by atoms with Crippen LogP contribution < -0.4 is 10.6 Å². The number of nitrogens with one attached hydrogen (secondary N) is 2. The third-order valence-corrected chi connectivity index (χ3v) is 5.37. The van der Waals surface area contributed by atoms with E-state index in [2.05, 4.69) is 15.5 Å². The number of hydrogen-bond donors (Lipinski definition) is 2. The van der Waals surface area contributed by atoms with Gasteiger partial charge in [-0.3, -0.25) is 4.90 Å². The van der Waals surface area contributed by atoms with Crippen molar-refractivity contribution < 1.29 is 9.13 Å². The summed E-state index contributed by atoms with van der Waals surface area (Å²) in [5, 5.41) is 7.72. The van der Waals surface area contributed by atoms with Gasteiger partial charge in [0.05, 0.1) is 19.3 Å². The fourth-order valence-corrected chi connectivity index (χ4v) is 3.50. The Kier molecular flexibility index (Phi) is 7.01. The molecule has 1 fully saturated rings. The fraction of sp³-hybridized carbons (Fsp3) is 0.350. The standard InChI is InChI=1S/C20H23ClFN3OS/c1-14-17(21)3-2-4-18(14)24-20(27)23-13-19(25-9-11-26-12-10-25)15-5-7-16(22)8-6-15/h2-8,19H,9-13H2,1H3,(H2,23,24,27)/t19-/m0/s1. The molecule has 7 heteroatoms. The number of benzene rings is 2. The van der Waals surface area contributed by atoms with Crippen molar-refractivity contribution in [3.63, 3.8) is 0 Å². The molecule has 0 bridgehead atoms. The zero-order valence-electron chi connectivity index (χ0n) is 15.2. The van der Waals surface area contributed by atoms with Crippen molar-refractivity contribution in [2.45, 2.75) is 13.0 Å². The summed E-state index contributed by atoms with van der Waals surface area (Å²) in [6.07, 6.45) is 0. The van der Waals surface area contributed by atoms with E-state index in [0.717, 1.165) is 29.9 Å². The Balaban J connectivity index is 1.67. The average Bonchev–Trinajstić information content (AvgIpc) is 2.68. The zero-order chi connectivity index (χ0) is 19.2. The van der Waals surface area contributed by atoms with Crippen LogP contribution in [0.2, 0.25) is 5.02 Å². The normalized spacial score (nSPS) is 16.0. The van der Waals surface area contributed by atoms with Crippen LogP contribution in [0.4, 0.5) is 10.1 Å². The van der Waals surface area contributed by atoms with Crippen LogP contribution >= 0.6 is 23.8 Å². The summed E-state index contributed by atoms with van der Waals surface area (Å²) in [4.78, 5) is 2.33. The van der Waals surface area contributed by atoms with Gasteiger partial charge in [-0.05, 0) is 54.5 Å². The van der Waals surface area contributed by atoms with Crippen LogP contribution in [0, 0.1) is 12.7 Å². The molecule has 0 unspecified atom stereocenters. The summed E-state index contributed by atoms with van der Waals surface area (Å²) in [7, 11) is 0. The molecule has 1 heterocycles. The molecule has 1 saturated heterocycles. The highest BCUT2D eigenvalue weighted by atomic mass is 35.5. The van der Waals surface area contributed by atoms with E-state index in [-0.39, 0.29) is 11.9 Å². The van der Waals surface area contributed by atoms with Gasteiger partial charge in [-0.1, -0.05) is 29.8 Å². The van der Waals surface area contributed by atoms with Crippen LogP contribution in [0.5, 0.6) is 0 Å². The molecule has 2 aromatic carbocycles. The topological polar surface area (TPSA) is 36.5 Å². The molecule has 1 atom stereocenters. The molecule has 1 aliphatic rings. The SMILES string of the molecule is Cc1c(Cl)cccc1NC(=S)NC[C@@H](c1ccc(F)cc1)N1CCOCC1. The van der Waals surface area contributed by atoms with E-state index in [1.165, 1.54) is 12.1 Å². The maximum Gasteiger partial charge on any atom is 0.170 e. The second-order valence-corrected chi connectivity index (χ2v) is 7.28. The summed E-state index contributed by atoms with van der Waals surface area (Å²) < 4.78 is 18.8. The molecular formula is C20H23ClFN3OS. The van der Waals surface area contributed by atoms with E-state index in [4.69, 9.17) is 28.6 Å². The molecule has 3 rings (SSSR count). The lowest BCUT2D eigenvalue weighted by Gasteiger charge is -2.35. The van der Waals surface area contributed by atoms with Gasteiger partial charge in [0, 0.05) is 30.3 Å². The fourth-order valence-electron chi connectivity index (χ4n) is 3.13. The van der Waals surface area contributed by atoms with Gasteiger partial charge in [-0.15, -0.1) is 0 Å². The molecule has 0 saturated carbocycles. The summed E-state index contributed by atoms with van der Waals surface area (Å²) >= 11 is 11.6. The first-order chi connectivity index (χ1) is 13.0. The van der Waals surface area contributed by atoms with Crippen molar-refractivity contribution in [1.29, 1.82) is 0 Å². The number of morpholine rings is 1. The van der Waals surface area contributed by atoms with Gasteiger partial charge in [-0.2, -0.15) is 0 Å². The van der Waals surface area contributed by atoms with Crippen LogP contribution in [0.1, 0.15) is 17.2 Å². The summed E-state index contributed by atoms with van der Waals surface area (Å²) in [5.41, 5.74) is 2.88. The number of rotatable bonds is 5. The number of hydrogen-bond acceptors (Lipinski definition) is 3. The molecule has 0 aromatic heterocycles. The molecule has 1 aliphatic heterocycles. The highest BCUT2D eigenvalue weighted by Crippen LogP contribution is 2.24. The highest BCUT2D eigenvalue weighted by molar-refractivity contribution is 7.80. The van der Waals surface area contributed by atoms with Gasteiger partial charge in [0.1, 0.15) is 5.82 Å². The Morgan fingerprint density at radius 1 is 1.22 bits per heavy atom. The molecule has 0 aliphatic carbocycles. The molecule has 4 nitrogen and oxygen atoms in total. The van der Waals surface area contributed by atoms with Crippen LogP contribution in [-0.2, 0) is 4.74 Å². The quantitative estimate of drug-likeness (QED) is 0.728. The van der Waals surface area contributed by atoms with E-state index in [1.807, 2.05) is 37.3 Å². The first-order valence-electron chi connectivity index (χ1n) is 8.92. The second-order valence-electron chi connectivity index (χ2n) is 6.46. The Morgan fingerprint density at radius 2 is 1.93 bits per heavy atom. The van der Waals surface area contributed by atoms with Gasteiger partial charge < -0.3 is 15.4 Å². The predicted octanol–water partition coefficient (Wildman–Crippen LogP) is 4.15. The number of ether oxygens (including phenoxy) is 1. The third kappa shape index (κ3) is 5.39. The summed E-state index contributed by atoms with van der Waals surface area (Å²) in [5.74, 6) is -0.235. The van der Waals surface area contributed by atoms with Crippen molar-refractivity contribution in [3.8, 4) is 0 Å². The Bertz CT molecular complexity index is 781. The molecule has 0 amide bonds. The largest absolute Gasteiger partial charge is 0.379 e. The van der Waals surface area contributed by atoms with Crippen molar-refractivity contribution in [2.24, 2.45) is 0 Å². The maximum atomic E-state index is 13.3. The summed E-state index contributed by atoms with van der Waals surface area (Å²) in [6, 6.07) is 12.4.